The summed E-state index contributed by atoms with van der Waals surface area (Å²) in [6, 6.07) is 6.92. The number of carbonyl (C=O) groups excluding carboxylic acids is 1. The molecular weight excluding hydrogens is 250 g/mol. The lowest BCUT2D eigenvalue weighted by Gasteiger charge is -2.05. The van der Waals surface area contributed by atoms with Crippen LogP contribution in [0.2, 0.25) is 0 Å². The van der Waals surface area contributed by atoms with Gasteiger partial charge in [0.25, 0.3) is 0 Å². The molecule has 0 aliphatic rings. The van der Waals surface area contributed by atoms with Gasteiger partial charge in [-0.1, -0.05) is 29.4 Å². The minimum absolute atomic E-state index is 0.286. The first-order valence-electron chi connectivity index (χ1n) is 6.81. The number of hydrogen-bond acceptors (Lipinski definition) is 3. The minimum Gasteiger partial charge on any atom is -0.458 e. The molecule has 0 amide bonds. The SMILES string of the molecule is CC(C)=CCC/C(C)=C\COC(=O)c1ccccc1N. The van der Waals surface area contributed by atoms with Crippen molar-refractivity contribution in [3.8, 4) is 0 Å². The maximum Gasteiger partial charge on any atom is 0.340 e. The van der Waals surface area contributed by atoms with E-state index in [1.54, 1.807) is 24.3 Å². The summed E-state index contributed by atoms with van der Waals surface area (Å²) < 4.78 is 5.20. The predicted molar refractivity (Wildman–Crippen MR) is 83.6 cm³/mol. The molecule has 0 heterocycles. The predicted octanol–water partition coefficient (Wildman–Crippen LogP) is 4.12. The van der Waals surface area contributed by atoms with Gasteiger partial charge < -0.3 is 10.5 Å². The second-order valence-corrected chi connectivity index (χ2v) is 5.06. The number of para-hydroxylation sites is 1. The van der Waals surface area contributed by atoms with Crippen LogP contribution in [-0.2, 0) is 4.74 Å². The number of rotatable bonds is 6. The fourth-order valence-electron chi connectivity index (χ4n) is 1.71. The van der Waals surface area contributed by atoms with Gasteiger partial charge in [-0.25, -0.2) is 4.79 Å². The van der Waals surface area contributed by atoms with Crippen LogP contribution in [0, 0.1) is 0 Å². The number of benzene rings is 1. The Labute approximate surface area is 121 Å². The fraction of sp³-hybridized carbons (Fsp3) is 0.353. The molecule has 2 N–H and O–H groups in total. The third kappa shape index (κ3) is 5.74. The van der Waals surface area contributed by atoms with E-state index in [1.807, 2.05) is 13.0 Å². The summed E-state index contributed by atoms with van der Waals surface area (Å²) in [5.74, 6) is -0.378. The van der Waals surface area contributed by atoms with E-state index >= 15 is 0 Å². The molecule has 0 spiro atoms. The van der Waals surface area contributed by atoms with E-state index in [1.165, 1.54) is 11.1 Å². The zero-order valence-electron chi connectivity index (χ0n) is 12.5. The van der Waals surface area contributed by atoms with Crippen LogP contribution in [-0.4, -0.2) is 12.6 Å². The van der Waals surface area contributed by atoms with Crippen molar-refractivity contribution in [3.63, 3.8) is 0 Å². The Bertz CT molecular complexity index is 511. The number of nitrogens with two attached hydrogens (primary N) is 1. The Hall–Kier alpha value is -2.03. The Morgan fingerprint density at radius 2 is 1.90 bits per heavy atom. The van der Waals surface area contributed by atoms with Gasteiger partial charge in [0.15, 0.2) is 0 Å². The molecule has 0 atom stereocenters. The number of esters is 1. The van der Waals surface area contributed by atoms with Crippen molar-refractivity contribution in [3.05, 3.63) is 53.1 Å². The molecule has 0 saturated heterocycles. The molecule has 1 aromatic rings. The van der Waals surface area contributed by atoms with Crippen LogP contribution < -0.4 is 5.73 Å². The third-order valence-corrected chi connectivity index (χ3v) is 2.92. The monoisotopic (exact) mass is 273 g/mol. The maximum absolute atomic E-state index is 11.8. The molecule has 0 saturated carbocycles. The number of nitrogen functional groups attached to an aromatic ring is 1. The standard InChI is InChI=1S/C17H23NO2/c1-13(2)7-6-8-14(3)11-12-20-17(19)15-9-4-5-10-16(15)18/h4-5,7,9-11H,6,8,12,18H2,1-3H3/b14-11-. The molecule has 0 radical (unpaired) electrons. The first kappa shape index (κ1) is 16.0. The van der Waals surface area contributed by atoms with Crippen LogP contribution in [0.25, 0.3) is 0 Å². The van der Waals surface area contributed by atoms with Gasteiger partial charge in [-0.05, 0) is 51.8 Å². The van der Waals surface area contributed by atoms with Crippen molar-refractivity contribution in [1.29, 1.82) is 0 Å². The van der Waals surface area contributed by atoms with Gasteiger partial charge in [-0.15, -0.1) is 0 Å². The molecule has 0 aliphatic heterocycles. The van der Waals surface area contributed by atoms with Crippen molar-refractivity contribution in [2.75, 3.05) is 12.3 Å². The van der Waals surface area contributed by atoms with Crippen molar-refractivity contribution in [2.24, 2.45) is 0 Å². The van der Waals surface area contributed by atoms with Crippen molar-refractivity contribution in [2.45, 2.75) is 33.6 Å². The number of ether oxygens (including phenoxy) is 1. The van der Waals surface area contributed by atoms with Crippen LogP contribution in [0.15, 0.2) is 47.6 Å². The molecule has 0 bridgehead atoms. The van der Waals surface area contributed by atoms with Gasteiger partial charge in [0.1, 0.15) is 6.61 Å². The molecule has 0 aliphatic carbocycles. The van der Waals surface area contributed by atoms with E-state index in [-0.39, 0.29) is 12.6 Å². The second kappa shape index (κ2) is 8.20. The lowest BCUT2D eigenvalue weighted by atomic mass is 10.1. The highest BCUT2D eigenvalue weighted by atomic mass is 16.5. The van der Waals surface area contributed by atoms with Crippen molar-refractivity contribution in [1.82, 2.24) is 0 Å². The van der Waals surface area contributed by atoms with Crippen LogP contribution in [0.1, 0.15) is 44.0 Å². The zero-order chi connectivity index (χ0) is 15.0. The zero-order valence-corrected chi connectivity index (χ0v) is 12.5. The van der Waals surface area contributed by atoms with Crippen LogP contribution in [0.5, 0.6) is 0 Å². The van der Waals surface area contributed by atoms with E-state index in [0.717, 1.165) is 12.8 Å². The summed E-state index contributed by atoms with van der Waals surface area (Å²) >= 11 is 0. The quantitative estimate of drug-likeness (QED) is 0.482. The van der Waals surface area contributed by atoms with E-state index in [4.69, 9.17) is 10.5 Å². The Morgan fingerprint density at radius 1 is 1.20 bits per heavy atom. The van der Waals surface area contributed by atoms with E-state index in [0.29, 0.717) is 11.3 Å². The maximum atomic E-state index is 11.8. The summed E-state index contributed by atoms with van der Waals surface area (Å²) in [6.45, 7) is 6.51. The smallest absolute Gasteiger partial charge is 0.340 e. The molecule has 3 nitrogen and oxygen atoms in total. The third-order valence-electron chi connectivity index (χ3n) is 2.92. The normalized spacial score (nSPS) is 11.1. The van der Waals surface area contributed by atoms with Gasteiger partial charge >= 0.3 is 5.97 Å². The summed E-state index contributed by atoms with van der Waals surface area (Å²) in [5.41, 5.74) is 9.13. The number of carbonyl (C=O) groups is 1. The number of allylic oxidation sites excluding steroid dienone is 3. The average molecular weight is 273 g/mol. The summed E-state index contributed by atoms with van der Waals surface area (Å²) in [5, 5.41) is 0. The first-order chi connectivity index (χ1) is 9.50. The van der Waals surface area contributed by atoms with E-state index in [2.05, 4.69) is 19.9 Å². The van der Waals surface area contributed by atoms with E-state index in [9.17, 15) is 4.79 Å². The van der Waals surface area contributed by atoms with Gasteiger partial charge in [0.05, 0.1) is 5.56 Å². The Balaban J connectivity index is 2.42. The minimum atomic E-state index is -0.378. The molecule has 0 aromatic heterocycles. The number of anilines is 1. The van der Waals surface area contributed by atoms with Crippen molar-refractivity contribution < 1.29 is 9.53 Å². The van der Waals surface area contributed by atoms with Crippen molar-refractivity contribution >= 4 is 11.7 Å². The summed E-state index contributed by atoms with van der Waals surface area (Å²) in [6.07, 6.45) is 6.14. The van der Waals surface area contributed by atoms with Crippen LogP contribution >= 0.6 is 0 Å². The van der Waals surface area contributed by atoms with Gasteiger partial charge in [0.2, 0.25) is 0 Å². The molecule has 108 valence electrons. The molecule has 0 unspecified atom stereocenters. The molecular formula is C17H23NO2. The van der Waals surface area contributed by atoms with E-state index < -0.39 is 0 Å². The molecule has 20 heavy (non-hydrogen) atoms. The lowest BCUT2D eigenvalue weighted by molar-refractivity contribution is 0.0550. The Morgan fingerprint density at radius 3 is 2.55 bits per heavy atom. The van der Waals surface area contributed by atoms with Gasteiger partial charge in [-0.2, -0.15) is 0 Å². The van der Waals surface area contributed by atoms with Gasteiger partial charge in [0, 0.05) is 5.69 Å². The lowest BCUT2D eigenvalue weighted by Crippen LogP contribution is -2.08. The van der Waals surface area contributed by atoms with Gasteiger partial charge in [-0.3, -0.25) is 0 Å². The summed E-state index contributed by atoms with van der Waals surface area (Å²) in [4.78, 5) is 11.8. The van der Waals surface area contributed by atoms with Crippen LogP contribution in [0.4, 0.5) is 5.69 Å². The first-order valence-corrected chi connectivity index (χ1v) is 6.81. The fourth-order valence-corrected chi connectivity index (χ4v) is 1.71. The highest BCUT2D eigenvalue weighted by molar-refractivity contribution is 5.94. The molecule has 0 fully saturated rings. The molecule has 1 rings (SSSR count). The highest BCUT2D eigenvalue weighted by Gasteiger charge is 2.09. The average Bonchev–Trinajstić information content (AvgIpc) is 2.38. The second-order valence-electron chi connectivity index (χ2n) is 5.06. The topological polar surface area (TPSA) is 52.3 Å². The Kier molecular flexibility index (Phi) is 6.57. The molecule has 3 heteroatoms. The van der Waals surface area contributed by atoms with Crippen LogP contribution in [0.3, 0.4) is 0 Å². The summed E-state index contributed by atoms with van der Waals surface area (Å²) in [7, 11) is 0. The largest absolute Gasteiger partial charge is 0.458 e. The number of hydrogen-bond donors (Lipinski definition) is 1. The molecule has 1 aromatic carbocycles. The highest BCUT2D eigenvalue weighted by Crippen LogP contribution is 2.12.